The van der Waals surface area contributed by atoms with Crippen LogP contribution in [0.4, 0.5) is 0 Å². The maximum absolute atomic E-state index is 11.7. The molecule has 0 radical (unpaired) electrons. The van der Waals surface area contributed by atoms with E-state index in [1.54, 1.807) is 13.8 Å². The highest BCUT2D eigenvalue weighted by Crippen LogP contribution is 2.13. The molecule has 0 spiro atoms. The van der Waals surface area contributed by atoms with Crippen molar-refractivity contribution in [2.45, 2.75) is 45.0 Å². The molecule has 0 aromatic rings. The van der Waals surface area contributed by atoms with Crippen LogP contribution in [0.25, 0.3) is 0 Å². The van der Waals surface area contributed by atoms with Crippen LogP contribution in [0, 0.1) is 11.8 Å². The average Bonchev–Trinajstić information content (AvgIpc) is 2.11. The van der Waals surface area contributed by atoms with Crippen molar-refractivity contribution in [2.75, 3.05) is 0 Å². The summed E-state index contributed by atoms with van der Waals surface area (Å²) in [6, 6.07) is -0.820. The van der Waals surface area contributed by atoms with Gasteiger partial charge in [0.1, 0.15) is 6.04 Å². The van der Waals surface area contributed by atoms with Gasteiger partial charge in [-0.05, 0) is 18.3 Å². The van der Waals surface area contributed by atoms with Crippen LogP contribution in [0.2, 0.25) is 0 Å². The largest absolute Gasteiger partial charge is 0.480 e. The number of nitrogens with one attached hydrogen (secondary N) is 1. The Hall–Kier alpha value is -0.580. The fraction of sp³-hybridized carbons (Fsp3) is 0.818. The molecule has 0 rings (SSSR count). The lowest BCUT2D eigenvalue weighted by atomic mass is 10.0. The van der Waals surface area contributed by atoms with E-state index in [1.807, 2.05) is 13.8 Å². The van der Waals surface area contributed by atoms with Gasteiger partial charge in [0.15, 0.2) is 0 Å². The van der Waals surface area contributed by atoms with Crippen LogP contribution in [0.5, 0.6) is 0 Å². The topological polar surface area (TPSA) is 66.4 Å². The monoisotopic (exact) mass is 293 g/mol. The van der Waals surface area contributed by atoms with E-state index >= 15 is 0 Å². The van der Waals surface area contributed by atoms with E-state index in [9.17, 15) is 9.59 Å². The van der Waals surface area contributed by atoms with Crippen molar-refractivity contribution in [3.63, 3.8) is 0 Å². The summed E-state index contributed by atoms with van der Waals surface area (Å²) in [5.41, 5.74) is 0. The molecule has 4 nitrogen and oxygen atoms in total. The Morgan fingerprint density at radius 1 is 1.25 bits per heavy atom. The normalized spacial score (nSPS) is 14.9. The zero-order valence-electron chi connectivity index (χ0n) is 10.2. The highest BCUT2D eigenvalue weighted by atomic mass is 79.9. The van der Waals surface area contributed by atoms with Crippen LogP contribution in [-0.4, -0.2) is 27.9 Å². The standard InChI is InChI=1S/C11H20BrNO3/c1-6(2)5-8(12)10(14)13-9(7(3)4)11(15)16/h6-9H,5H2,1-4H3,(H,13,14)(H,15,16)/t8?,9-/m0/s1. The van der Waals surface area contributed by atoms with E-state index in [1.165, 1.54) is 0 Å². The first-order chi connectivity index (χ1) is 7.25. The molecule has 1 amide bonds. The van der Waals surface area contributed by atoms with Gasteiger partial charge >= 0.3 is 5.97 Å². The highest BCUT2D eigenvalue weighted by Gasteiger charge is 2.26. The number of carbonyl (C=O) groups excluding carboxylic acids is 1. The predicted molar refractivity (Wildman–Crippen MR) is 66.6 cm³/mol. The second-order valence-corrected chi connectivity index (χ2v) is 5.77. The predicted octanol–water partition coefficient (Wildman–Crippen LogP) is 2.02. The van der Waals surface area contributed by atoms with Crippen LogP contribution in [-0.2, 0) is 9.59 Å². The third-order valence-electron chi connectivity index (χ3n) is 2.19. The summed E-state index contributed by atoms with van der Waals surface area (Å²) in [5.74, 6) is -0.986. The van der Waals surface area contributed by atoms with Crippen molar-refractivity contribution in [3.8, 4) is 0 Å². The number of hydrogen-bond acceptors (Lipinski definition) is 2. The van der Waals surface area contributed by atoms with E-state index in [0.29, 0.717) is 12.3 Å². The lowest BCUT2D eigenvalue weighted by Gasteiger charge is -2.20. The number of halogens is 1. The minimum absolute atomic E-state index is 0.125. The van der Waals surface area contributed by atoms with Gasteiger partial charge in [-0.15, -0.1) is 0 Å². The number of carbonyl (C=O) groups is 2. The van der Waals surface area contributed by atoms with Crippen molar-refractivity contribution in [3.05, 3.63) is 0 Å². The maximum atomic E-state index is 11.7. The molecule has 16 heavy (non-hydrogen) atoms. The molecule has 1 unspecified atom stereocenters. The number of carboxylic acids is 1. The molecule has 0 heterocycles. The fourth-order valence-electron chi connectivity index (χ4n) is 1.28. The number of aliphatic carboxylic acids is 1. The average molecular weight is 294 g/mol. The molecule has 0 fully saturated rings. The van der Waals surface area contributed by atoms with E-state index in [2.05, 4.69) is 21.2 Å². The fourth-order valence-corrected chi connectivity index (χ4v) is 2.16. The Morgan fingerprint density at radius 2 is 1.75 bits per heavy atom. The Kier molecular flexibility index (Phi) is 6.64. The SMILES string of the molecule is CC(C)CC(Br)C(=O)N[C@H](C(=O)O)C(C)C. The summed E-state index contributed by atoms with van der Waals surface area (Å²) in [7, 11) is 0. The van der Waals surface area contributed by atoms with Crippen LogP contribution < -0.4 is 5.32 Å². The minimum atomic E-state index is -0.993. The summed E-state index contributed by atoms with van der Waals surface area (Å²) in [4.78, 5) is 22.2. The smallest absolute Gasteiger partial charge is 0.326 e. The zero-order valence-corrected chi connectivity index (χ0v) is 11.7. The zero-order chi connectivity index (χ0) is 12.9. The van der Waals surface area contributed by atoms with Gasteiger partial charge in [-0.25, -0.2) is 4.79 Å². The maximum Gasteiger partial charge on any atom is 0.326 e. The first-order valence-electron chi connectivity index (χ1n) is 5.43. The molecule has 0 aliphatic rings. The van der Waals surface area contributed by atoms with Gasteiger partial charge in [-0.1, -0.05) is 43.6 Å². The summed E-state index contributed by atoms with van der Waals surface area (Å²) in [5, 5.41) is 11.5. The van der Waals surface area contributed by atoms with Crippen LogP contribution in [0.1, 0.15) is 34.1 Å². The van der Waals surface area contributed by atoms with Gasteiger partial charge in [0.25, 0.3) is 0 Å². The molecule has 5 heteroatoms. The van der Waals surface area contributed by atoms with Crippen molar-refractivity contribution in [1.29, 1.82) is 0 Å². The summed E-state index contributed by atoms with van der Waals surface area (Å²) < 4.78 is 0. The molecule has 0 aliphatic heterocycles. The highest BCUT2D eigenvalue weighted by molar-refractivity contribution is 9.10. The van der Waals surface area contributed by atoms with E-state index in [-0.39, 0.29) is 16.7 Å². The quantitative estimate of drug-likeness (QED) is 0.737. The van der Waals surface area contributed by atoms with Gasteiger partial charge < -0.3 is 10.4 Å². The van der Waals surface area contributed by atoms with Gasteiger partial charge in [0.05, 0.1) is 4.83 Å². The first-order valence-corrected chi connectivity index (χ1v) is 6.34. The number of hydrogen-bond donors (Lipinski definition) is 2. The van der Waals surface area contributed by atoms with E-state index in [0.717, 1.165) is 0 Å². The van der Waals surface area contributed by atoms with E-state index < -0.39 is 12.0 Å². The third kappa shape index (κ3) is 5.49. The molecule has 0 saturated carbocycles. The van der Waals surface area contributed by atoms with Gasteiger partial charge in [-0.2, -0.15) is 0 Å². The Balaban J connectivity index is 4.35. The van der Waals surface area contributed by atoms with Gasteiger partial charge in [0, 0.05) is 0 Å². The van der Waals surface area contributed by atoms with Crippen LogP contribution in [0.15, 0.2) is 0 Å². The number of amides is 1. The van der Waals surface area contributed by atoms with Crippen molar-refractivity contribution >= 4 is 27.8 Å². The van der Waals surface area contributed by atoms with Crippen LogP contribution in [0.3, 0.4) is 0 Å². The molecule has 0 saturated heterocycles. The molecule has 0 aromatic carbocycles. The Bertz CT molecular complexity index is 254. The number of rotatable bonds is 6. The summed E-state index contributed by atoms with van der Waals surface area (Å²) in [6.07, 6.45) is 0.691. The summed E-state index contributed by atoms with van der Waals surface area (Å²) in [6.45, 7) is 7.56. The Morgan fingerprint density at radius 3 is 2.06 bits per heavy atom. The van der Waals surface area contributed by atoms with Crippen LogP contribution >= 0.6 is 15.9 Å². The molecular formula is C11H20BrNO3. The molecule has 2 N–H and O–H groups in total. The Labute approximate surface area is 105 Å². The molecule has 2 atom stereocenters. The molecule has 0 aliphatic carbocycles. The second-order valence-electron chi connectivity index (χ2n) is 4.67. The van der Waals surface area contributed by atoms with Gasteiger partial charge in [-0.3, -0.25) is 4.79 Å². The molecule has 94 valence electrons. The van der Waals surface area contributed by atoms with Crippen molar-refractivity contribution in [2.24, 2.45) is 11.8 Å². The lowest BCUT2D eigenvalue weighted by molar-refractivity contribution is -0.143. The van der Waals surface area contributed by atoms with Crippen molar-refractivity contribution in [1.82, 2.24) is 5.32 Å². The third-order valence-corrected chi connectivity index (χ3v) is 2.98. The minimum Gasteiger partial charge on any atom is -0.480 e. The number of alkyl halides is 1. The molecular weight excluding hydrogens is 274 g/mol. The second kappa shape index (κ2) is 6.89. The molecule has 0 aromatic heterocycles. The molecule has 0 bridgehead atoms. The van der Waals surface area contributed by atoms with Gasteiger partial charge in [0.2, 0.25) is 5.91 Å². The number of carboxylic acid groups (broad SMARTS) is 1. The lowest BCUT2D eigenvalue weighted by Crippen LogP contribution is -2.47. The van der Waals surface area contributed by atoms with E-state index in [4.69, 9.17) is 5.11 Å². The van der Waals surface area contributed by atoms with Crippen molar-refractivity contribution < 1.29 is 14.7 Å². The summed E-state index contributed by atoms with van der Waals surface area (Å²) >= 11 is 3.27. The first kappa shape index (κ1) is 15.4.